The Morgan fingerprint density at radius 3 is 2.47 bits per heavy atom. The quantitative estimate of drug-likeness (QED) is 0.314. The Labute approximate surface area is 187 Å². The SMILES string of the molecule is Cc1nnc(/C=C/c2ccc(Oc3c(-c4ccc(F)cc4)sc4cc(O)ccc34)cc2)o1. The second-order valence-electron chi connectivity index (χ2n) is 7.11. The Morgan fingerprint density at radius 2 is 1.75 bits per heavy atom. The van der Waals surface area contributed by atoms with Gasteiger partial charge in [0.05, 0.1) is 4.88 Å². The predicted octanol–water partition coefficient (Wildman–Crippen LogP) is 7.07. The first-order valence-corrected chi connectivity index (χ1v) is 10.6. The van der Waals surface area contributed by atoms with E-state index in [9.17, 15) is 9.50 Å². The molecule has 32 heavy (non-hydrogen) atoms. The average molecular weight is 444 g/mol. The molecule has 0 spiro atoms. The molecule has 3 aromatic carbocycles. The lowest BCUT2D eigenvalue weighted by Gasteiger charge is -2.09. The summed E-state index contributed by atoms with van der Waals surface area (Å²) in [5, 5.41) is 18.5. The number of nitrogens with zero attached hydrogens (tertiary/aromatic N) is 2. The highest BCUT2D eigenvalue weighted by Crippen LogP contribution is 2.47. The van der Waals surface area contributed by atoms with Crippen LogP contribution in [0, 0.1) is 12.7 Å². The summed E-state index contributed by atoms with van der Waals surface area (Å²) < 4.78 is 25.9. The fourth-order valence-electron chi connectivity index (χ4n) is 3.27. The third-order valence-electron chi connectivity index (χ3n) is 4.79. The molecule has 0 saturated carbocycles. The van der Waals surface area contributed by atoms with E-state index in [0.29, 0.717) is 23.3 Å². The van der Waals surface area contributed by atoms with Crippen molar-refractivity contribution in [2.24, 2.45) is 0 Å². The first-order valence-electron chi connectivity index (χ1n) is 9.83. The second kappa shape index (κ2) is 8.28. The maximum Gasteiger partial charge on any atom is 0.240 e. The lowest BCUT2D eigenvalue weighted by Crippen LogP contribution is -1.86. The predicted molar refractivity (Wildman–Crippen MR) is 123 cm³/mol. The van der Waals surface area contributed by atoms with E-state index in [4.69, 9.17) is 9.15 Å². The van der Waals surface area contributed by atoms with Gasteiger partial charge >= 0.3 is 0 Å². The number of phenols is 1. The van der Waals surface area contributed by atoms with E-state index in [1.54, 1.807) is 37.3 Å². The minimum atomic E-state index is -0.297. The highest BCUT2D eigenvalue weighted by molar-refractivity contribution is 7.22. The summed E-state index contributed by atoms with van der Waals surface area (Å²) in [5.41, 5.74) is 1.79. The summed E-state index contributed by atoms with van der Waals surface area (Å²) >= 11 is 1.49. The van der Waals surface area contributed by atoms with Gasteiger partial charge in [-0.15, -0.1) is 21.5 Å². The molecule has 0 saturated heterocycles. The largest absolute Gasteiger partial charge is 0.508 e. The van der Waals surface area contributed by atoms with Crippen LogP contribution in [0.2, 0.25) is 0 Å². The van der Waals surface area contributed by atoms with Crippen LogP contribution in [0.5, 0.6) is 17.2 Å². The monoisotopic (exact) mass is 444 g/mol. The summed E-state index contributed by atoms with van der Waals surface area (Å²) in [4.78, 5) is 0.862. The Morgan fingerprint density at radius 1 is 0.969 bits per heavy atom. The van der Waals surface area contributed by atoms with Crippen LogP contribution in [0.25, 0.3) is 32.7 Å². The molecule has 0 unspecified atom stereocenters. The molecule has 0 bridgehead atoms. The first-order chi connectivity index (χ1) is 15.5. The molecule has 0 aliphatic rings. The second-order valence-corrected chi connectivity index (χ2v) is 8.16. The molecule has 0 atom stereocenters. The highest BCUT2D eigenvalue weighted by atomic mass is 32.1. The summed E-state index contributed by atoms with van der Waals surface area (Å²) in [6.45, 7) is 1.74. The zero-order valence-electron chi connectivity index (χ0n) is 16.9. The maximum absolute atomic E-state index is 13.4. The van der Waals surface area contributed by atoms with Gasteiger partial charge in [-0.3, -0.25) is 0 Å². The van der Waals surface area contributed by atoms with Crippen LogP contribution in [-0.2, 0) is 0 Å². The lowest BCUT2D eigenvalue weighted by atomic mass is 10.1. The van der Waals surface area contributed by atoms with E-state index in [2.05, 4.69) is 10.2 Å². The molecule has 0 aliphatic heterocycles. The number of thiophene rings is 1. The molecular formula is C25H17FN2O3S. The van der Waals surface area contributed by atoms with Crippen molar-refractivity contribution in [3.8, 4) is 27.7 Å². The third-order valence-corrected chi connectivity index (χ3v) is 5.98. The van der Waals surface area contributed by atoms with E-state index in [0.717, 1.165) is 26.1 Å². The van der Waals surface area contributed by atoms with Crippen LogP contribution < -0.4 is 4.74 Å². The number of halogens is 1. The van der Waals surface area contributed by atoms with Crippen molar-refractivity contribution in [3.63, 3.8) is 0 Å². The van der Waals surface area contributed by atoms with Crippen molar-refractivity contribution in [1.82, 2.24) is 10.2 Å². The van der Waals surface area contributed by atoms with E-state index in [1.165, 1.54) is 23.5 Å². The minimum Gasteiger partial charge on any atom is -0.508 e. The fourth-order valence-corrected chi connectivity index (χ4v) is 4.43. The van der Waals surface area contributed by atoms with Gasteiger partial charge in [0.15, 0.2) is 5.75 Å². The number of ether oxygens (including phenoxy) is 1. The molecule has 0 radical (unpaired) electrons. The topological polar surface area (TPSA) is 68.4 Å². The van der Waals surface area contributed by atoms with Gasteiger partial charge in [0, 0.05) is 23.1 Å². The molecule has 2 heterocycles. The Balaban J connectivity index is 1.47. The van der Waals surface area contributed by atoms with Crippen molar-refractivity contribution in [2.75, 3.05) is 0 Å². The number of aryl methyl sites for hydroxylation is 1. The molecule has 0 aliphatic carbocycles. The fraction of sp³-hybridized carbons (Fsp3) is 0.0400. The van der Waals surface area contributed by atoms with Crippen LogP contribution in [0.1, 0.15) is 17.3 Å². The number of hydrogen-bond donors (Lipinski definition) is 1. The average Bonchev–Trinajstić information content (AvgIpc) is 3.37. The number of phenolic OH excluding ortho intramolecular Hbond substituents is 1. The zero-order chi connectivity index (χ0) is 22.1. The molecule has 7 heteroatoms. The number of hydrogen-bond acceptors (Lipinski definition) is 6. The van der Waals surface area contributed by atoms with Gasteiger partial charge in [-0.05, 0) is 59.7 Å². The summed E-state index contributed by atoms with van der Waals surface area (Å²) in [6.07, 6.45) is 3.63. The Bertz CT molecular complexity index is 1420. The molecular weight excluding hydrogens is 427 g/mol. The van der Waals surface area contributed by atoms with Gasteiger partial charge in [-0.1, -0.05) is 24.3 Å². The smallest absolute Gasteiger partial charge is 0.240 e. The molecule has 0 amide bonds. The van der Waals surface area contributed by atoms with Crippen molar-refractivity contribution < 1.29 is 18.7 Å². The maximum atomic E-state index is 13.4. The van der Waals surface area contributed by atoms with Crippen LogP contribution in [0.3, 0.4) is 0 Å². The lowest BCUT2D eigenvalue weighted by molar-refractivity contribution is 0.476. The van der Waals surface area contributed by atoms with E-state index in [1.807, 2.05) is 36.4 Å². The van der Waals surface area contributed by atoms with Crippen LogP contribution in [-0.4, -0.2) is 15.3 Å². The molecule has 5 rings (SSSR count). The van der Waals surface area contributed by atoms with Gasteiger partial charge in [0.25, 0.3) is 0 Å². The van der Waals surface area contributed by atoms with E-state index in [-0.39, 0.29) is 11.6 Å². The highest BCUT2D eigenvalue weighted by Gasteiger charge is 2.17. The molecule has 158 valence electrons. The minimum absolute atomic E-state index is 0.184. The summed E-state index contributed by atoms with van der Waals surface area (Å²) in [5.74, 6) is 2.17. The first kappa shape index (κ1) is 20.0. The van der Waals surface area contributed by atoms with Crippen LogP contribution in [0.4, 0.5) is 4.39 Å². The van der Waals surface area contributed by atoms with E-state index < -0.39 is 0 Å². The third kappa shape index (κ3) is 4.10. The Kier molecular flexibility index (Phi) is 5.17. The van der Waals surface area contributed by atoms with Crippen LogP contribution >= 0.6 is 11.3 Å². The van der Waals surface area contributed by atoms with Gasteiger partial charge < -0.3 is 14.3 Å². The molecule has 5 aromatic rings. The van der Waals surface area contributed by atoms with Crippen molar-refractivity contribution in [3.05, 3.63) is 89.9 Å². The summed E-state index contributed by atoms with van der Waals surface area (Å²) in [6, 6.07) is 19.0. The van der Waals surface area contributed by atoms with Gasteiger partial charge in [0.2, 0.25) is 11.8 Å². The van der Waals surface area contributed by atoms with E-state index >= 15 is 0 Å². The molecule has 1 N–H and O–H groups in total. The number of rotatable bonds is 5. The zero-order valence-corrected chi connectivity index (χ0v) is 17.8. The molecule has 0 fully saturated rings. The standard InChI is InChI=1S/C25H17FN2O3S/c1-15-27-28-23(30-15)13-4-16-2-10-20(11-3-16)31-24-21-12-9-19(29)14-22(21)32-25(24)17-5-7-18(26)8-6-17/h2-14,29H,1H3/b13-4+. The Hall–Kier alpha value is -3.97. The van der Waals surface area contributed by atoms with Gasteiger partial charge in [-0.2, -0.15) is 0 Å². The van der Waals surface area contributed by atoms with Crippen molar-refractivity contribution >= 4 is 33.6 Å². The number of aromatic nitrogens is 2. The number of benzene rings is 3. The molecule has 2 aromatic heterocycles. The number of aromatic hydroxyl groups is 1. The number of fused-ring (bicyclic) bond motifs is 1. The van der Waals surface area contributed by atoms with Gasteiger partial charge in [-0.25, -0.2) is 4.39 Å². The van der Waals surface area contributed by atoms with Gasteiger partial charge in [0.1, 0.15) is 17.3 Å². The van der Waals surface area contributed by atoms with Crippen molar-refractivity contribution in [2.45, 2.75) is 6.92 Å². The van der Waals surface area contributed by atoms with Crippen LogP contribution in [0.15, 0.2) is 71.1 Å². The molecule has 5 nitrogen and oxygen atoms in total. The van der Waals surface area contributed by atoms with Crippen molar-refractivity contribution in [1.29, 1.82) is 0 Å². The summed E-state index contributed by atoms with van der Waals surface area (Å²) in [7, 11) is 0. The normalized spacial score (nSPS) is 11.4.